The fraction of sp³-hybridized carbons (Fsp3) is 0.786. The molecule has 0 bridgehead atoms. The van der Waals surface area contributed by atoms with E-state index in [0.29, 0.717) is 10.6 Å². The number of rotatable bonds is 2. The lowest BCUT2D eigenvalue weighted by Crippen LogP contribution is -2.25. The number of aromatic nitrogens is 1. The van der Waals surface area contributed by atoms with Crippen molar-refractivity contribution in [3.05, 3.63) is 10.0 Å². The summed E-state index contributed by atoms with van der Waals surface area (Å²) in [5, 5.41) is 10.6. The van der Waals surface area contributed by atoms with Gasteiger partial charge in [0.25, 0.3) is 0 Å². The molecule has 1 aromatic rings. The lowest BCUT2D eigenvalue weighted by atomic mass is 9.77. The van der Waals surface area contributed by atoms with E-state index in [4.69, 9.17) is 11.6 Å². The molecule has 0 radical (unpaired) electrons. The highest BCUT2D eigenvalue weighted by Gasteiger charge is 2.28. The van der Waals surface area contributed by atoms with Gasteiger partial charge in [-0.2, -0.15) is 0 Å². The van der Waals surface area contributed by atoms with E-state index in [2.05, 4.69) is 30.7 Å². The summed E-state index contributed by atoms with van der Waals surface area (Å²) in [5.41, 5.74) is 0.382. The Morgan fingerprint density at radius 3 is 2.68 bits per heavy atom. The van der Waals surface area contributed by atoms with Crippen molar-refractivity contribution in [3.8, 4) is 0 Å². The second-order valence-electron chi connectivity index (χ2n) is 6.35. The quantitative estimate of drug-likeness (QED) is 0.899. The summed E-state index contributed by atoms with van der Waals surface area (Å²) in [6, 6.07) is 0. The normalized spacial score (nSPS) is 21.5. The van der Waals surface area contributed by atoms with Crippen molar-refractivity contribution in [1.82, 2.24) is 4.98 Å². The van der Waals surface area contributed by atoms with Gasteiger partial charge in [-0.15, -0.1) is 0 Å². The number of thiazole rings is 1. The summed E-state index contributed by atoms with van der Waals surface area (Å²) < 4.78 is 0. The van der Waals surface area contributed by atoms with Crippen LogP contribution in [0.4, 0.5) is 5.13 Å². The molecule has 5 heteroatoms. The second kappa shape index (κ2) is 5.98. The molecule has 1 aliphatic rings. The third-order valence-corrected chi connectivity index (χ3v) is 5.53. The molecule has 1 saturated heterocycles. The molecule has 1 unspecified atom stereocenters. The predicted molar refractivity (Wildman–Crippen MR) is 82.1 cm³/mol. The van der Waals surface area contributed by atoms with Crippen LogP contribution in [0.2, 0.25) is 5.15 Å². The Labute approximate surface area is 124 Å². The van der Waals surface area contributed by atoms with E-state index in [0.717, 1.165) is 29.0 Å². The van der Waals surface area contributed by atoms with Gasteiger partial charge in [0.1, 0.15) is 5.15 Å². The van der Waals surface area contributed by atoms with E-state index < -0.39 is 0 Å². The van der Waals surface area contributed by atoms with Crippen LogP contribution < -0.4 is 4.90 Å². The van der Waals surface area contributed by atoms with Crippen molar-refractivity contribution in [3.63, 3.8) is 0 Å². The standard InChI is InChI=1S/C14H23ClN2OS/c1-14(2,3)10-5-4-7-17(8-6-10)13-16-12(15)11(9-18)19-13/h10,18H,4-9H2,1-3H3. The summed E-state index contributed by atoms with van der Waals surface area (Å²) in [6.07, 6.45) is 3.69. The molecule has 19 heavy (non-hydrogen) atoms. The highest BCUT2D eigenvalue weighted by molar-refractivity contribution is 7.16. The summed E-state index contributed by atoms with van der Waals surface area (Å²) in [4.78, 5) is 7.48. The zero-order chi connectivity index (χ0) is 14.0. The van der Waals surface area contributed by atoms with Crippen LogP contribution in [0.5, 0.6) is 0 Å². The third-order valence-electron chi connectivity index (χ3n) is 4.01. The lowest BCUT2D eigenvalue weighted by Gasteiger charge is -2.29. The molecule has 2 heterocycles. The Kier molecular flexibility index (Phi) is 4.75. The van der Waals surface area contributed by atoms with Crippen molar-refractivity contribution in [2.24, 2.45) is 11.3 Å². The molecule has 1 aromatic heterocycles. The van der Waals surface area contributed by atoms with Gasteiger partial charge in [-0.1, -0.05) is 43.7 Å². The van der Waals surface area contributed by atoms with Gasteiger partial charge in [0.15, 0.2) is 5.13 Å². The predicted octanol–water partition coefficient (Wildman–Crippen LogP) is 3.94. The molecule has 1 N–H and O–H groups in total. The Bertz CT molecular complexity index is 428. The maximum Gasteiger partial charge on any atom is 0.187 e. The molecule has 2 rings (SSSR count). The fourth-order valence-corrected chi connectivity index (χ4v) is 3.88. The van der Waals surface area contributed by atoms with Crippen LogP contribution in [0.3, 0.4) is 0 Å². The molecule has 0 saturated carbocycles. The number of hydrogen-bond acceptors (Lipinski definition) is 4. The third kappa shape index (κ3) is 3.61. The van der Waals surface area contributed by atoms with Gasteiger partial charge in [0.05, 0.1) is 11.5 Å². The van der Waals surface area contributed by atoms with Gasteiger partial charge in [-0.3, -0.25) is 0 Å². The van der Waals surface area contributed by atoms with Crippen LogP contribution in [0.15, 0.2) is 0 Å². The summed E-state index contributed by atoms with van der Waals surface area (Å²) >= 11 is 7.54. The maximum atomic E-state index is 9.20. The van der Waals surface area contributed by atoms with Crippen LogP contribution >= 0.6 is 22.9 Å². The van der Waals surface area contributed by atoms with Crippen LogP contribution in [-0.2, 0) is 6.61 Å². The average molecular weight is 303 g/mol. The van der Waals surface area contributed by atoms with E-state index >= 15 is 0 Å². The summed E-state index contributed by atoms with van der Waals surface area (Å²) in [5.74, 6) is 0.769. The Morgan fingerprint density at radius 2 is 2.11 bits per heavy atom. The van der Waals surface area contributed by atoms with E-state index in [1.807, 2.05) is 0 Å². The Hall–Kier alpha value is -0.320. The summed E-state index contributed by atoms with van der Waals surface area (Å²) in [6.45, 7) is 9.05. The molecule has 3 nitrogen and oxygen atoms in total. The zero-order valence-corrected chi connectivity index (χ0v) is 13.5. The first-order chi connectivity index (χ1) is 8.91. The highest BCUT2D eigenvalue weighted by Crippen LogP contribution is 2.36. The van der Waals surface area contributed by atoms with E-state index in [9.17, 15) is 5.11 Å². The zero-order valence-electron chi connectivity index (χ0n) is 11.9. The first kappa shape index (κ1) is 15.1. The number of halogens is 1. The topological polar surface area (TPSA) is 36.4 Å². The largest absolute Gasteiger partial charge is 0.391 e. The first-order valence-corrected chi connectivity index (χ1v) is 8.12. The highest BCUT2D eigenvalue weighted by atomic mass is 35.5. The lowest BCUT2D eigenvalue weighted by molar-refractivity contribution is 0.220. The Balaban J connectivity index is 2.06. The smallest absolute Gasteiger partial charge is 0.187 e. The minimum atomic E-state index is -0.0189. The van der Waals surface area contributed by atoms with Crippen molar-refractivity contribution >= 4 is 28.1 Å². The minimum Gasteiger partial charge on any atom is -0.391 e. The monoisotopic (exact) mass is 302 g/mol. The molecule has 1 aliphatic heterocycles. The van der Waals surface area contributed by atoms with E-state index in [1.54, 1.807) is 0 Å². The molecule has 0 spiro atoms. The van der Waals surface area contributed by atoms with Crippen molar-refractivity contribution in [1.29, 1.82) is 0 Å². The van der Waals surface area contributed by atoms with Crippen molar-refractivity contribution < 1.29 is 5.11 Å². The number of hydrogen-bond donors (Lipinski definition) is 1. The van der Waals surface area contributed by atoms with Crippen LogP contribution in [-0.4, -0.2) is 23.2 Å². The first-order valence-electron chi connectivity index (χ1n) is 6.93. The SMILES string of the molecule is CC(C)(C)C1CCCN(c2nc(Cl)c(CO)s2)CC1. The van der Waals surface area contributed by atoms with Gasteiger partial charge in [-0.25, -0.2) is 4.98 Å². The number of nitrogens with zero attached hydrogens (tertiary/aromatic N) is 2. The fourth-order valence-electron chi connectivity index (χ4n) is 2.71. The van der Waals surface area contributed by atoms with E-state index in [-0.39, 0.29) is 6.61 Å². The van der Waals surface area contributed by atoms with Crippen molar-refractivity contribution in [2.45, 2.75) is 46.6 Å². The molecule has 0 aromatic carbocycles. The Morgan fingerprint density at radius 1 is 1.37 bits per heavy atom. The van der Waals surface area contributed by atoms with Gasteiger partial charge in [-0.05, 0) is 30.6 Å². The van der Waals surface area contributed by atoms with Crippen LogP contribution in [0, 0.1) is 11.3 Å². The molecule has 0 amide bonds. The summed E-state index contributed by atoms with van der Waals surface area (Å²) in [7, 11) is 0. The van der Waals surface area contributed by atoms with Crippen LogP contribution in [0.25, 0.3) is 0 Å². The molecule has 0 aliphatic carbocycles. The maximum absolute atomic E-state index is 9.20. The molecule has 1 fully saturated rings. The number of anilines is 1. The van der Waals surface area contributed by atoms with Gasteiger partial charge in [0.2, 0.25) is 0 Å². The molecular formula is C14H23ClN2OS. The second-order valence-corrected chi connectivity index (χ2v) is 7.77. The molecule has 108 valence electrons. The van der Waals surface area contributed by atoms with Crippen molar-refractivity contribution in [2.75, 3.05) is 18.0 Å². The van der Waals surface area contributed by atoms with Crippen LogP contribution in [0.1, 0.15) is 44.9 Å². The number of aliphatic hydroxyl groups is 1. The van der Waals surface area contributed by atoms with Gasteiger partial charge in [0, 0.05) is 13.1 Å². The van der Waals surface area contributed by atoms with Gasteiger partial charge < -0.3 is 10.0 Å². The minimum absolute atomic E-state index is 0.0189. The van der Waals surface area contributed by atoms with Gasteiger partial charge >= 0.3 is 0 Å². The van der Waals surface area contributed by atoms with E-state index in [1.165, 1.54) is 30.6 Å². The average Bonchev–Trinajstić information content (AvgIpc) is 2.57. The molecular weight excluding hydrogens is 280 g/mol. The molecule has 1 atom stereocenters. The number of aliphatic hydroxyl groups excluding tert-OH is 1.